The quantitative estimate of drug-likeness (QED) is 0.882. The van der Waals surface area contributed by atoms with Crippen LogP contribution in [0, 0.1) is 11.3 Å². The molecule has 1 aliphatic heterocycles. The lowest BCUT2D eigenvalue weighted by atomic mass is 9.70. The highest BCUT2D eigenvalue weighted by atomic mass is 16.6. The number of pyridine rings is 1. The Bertz CT molecular complexity index is 866. The summed E-state index contributed by atoms with van der Waals surface area (Å²) in [7, 11) is 0. The van der Waals surface area contributed by atoms with E-state index < -0.39 is 0 Å². The number of carbonyl (C=O) groups is 1. The molecule has 0 spiro atoms. The minimum atomic E-state index is -0.0797. The fourth-order valence-corrected chi connectivity index (χ4v) is 4.34. The van der Waals surface area contributed by atoms with Gasteiger partial charge in [-0.3, -0.25) is 9.78 Å². The van der Waals surface area contributed by atoms with E-state index in [9.17, 15) is 4.79 Å². The molecule has 0 bridgehead atoms. The first-order valence-corrected chi connectivity index (χ1v) is 10.3. The Morgan fingerprint density at radius 2 is 2.07 bits per heavy atom. The van der Waals surface area contributed by atoms with E-state index in [0.29, 0.717) is 32.3 Å². The van der Waals surface area contributed by atoms with Gasteiger partial charge in [-0.1, -0.05) is 39.0 Å². The van der Waals surface area contributed by atoms with Gasteiger partial charge in [-0.2, -0.15) is 0 Å². The maximum absolute atomic E-state index is 13.3. The third-order valence-corrected chi connectivity index (χ3v) is 6.09. The van der Waals surface area contributed by atoms with Crippen LogP contribution in [0.2, 0.25) is 0 Å². The van der Waals surface area contributed by atoms with Crippen LogP contribution < -0.4 is 5.32 Å². The Labute approximate surface area is 166 Å². The van der Waals surface area contributed by atoms with Crippen LogP contribution in [0.25, 0.3) is 10.9 Å². The third-order valence-electron chi connectivity index (χ3n) is 6.09. The van der Waals surface area contributed by atoms with E-state index >= 15 is 0 Å². The van der Waals surface area contributed by atoms with E-state index in [4.69, 9.17) is 14.5 Å². The molecule has 2 aromatic rings. The molecular formula is C23H30N2O3. The Morgan fingerprint density at radius 3 is 2.82 bits per heavy atom. The maximum Gasteiger partial charge on any atom is 0.252 e. The lowest BCUT2D eigenvalue weighted by molar-refractivity contribution is -0.0855. The predicted octanol–water partition coefficient (Wildman–Crippen LogP) is 3.53. The van der Waals surface area contributed by atoms with Crippen molar-refractivity contribution in [3.63, 3.8) is 0 Å². The minimum Gasteiger partial charge on any atom is -0.376 e. The van der Waals surface area contributed by atoms with Gasteiger partial charge in [0.15, 0.2) is 0 Å². The average molecular weight is 383 g/mol. The monoisotopic (exact) mass is 382 g/mol. The average Bonchev–Trinajstić information content (AvgIpc) is 2.70. The summed E-state index contributed by atoms with van der Waals surface area (Å²) < 4.78 is 11.1. The Kier molecular flexibility index (Phi) is 5.39. The molecule has 1 aliphatic carbocycles. The van der Waals surface area contributed by atoms with Crippen molar-refractivity contribution in [1.29, 1.82) is 0 Å². The maximum atomic E-state index is 13.3. The van der Waals surface area contributed by atoms with Gasteiger partial charge < -0.3 is 14.8 Å². The number of para-hydroxylation sites is 1. The van der Waals surface area contributed by atoms with Crippen molar-refractivity contribution < 1.29 is 14.3 Å². The first-order valence-electron chi connectivity index (χ1n) is 10.3. The van der Waals surface area contributed by atoms with Crippen LogP contribution >= 0.6 is 0 Å². The summed E-state index contributed by atoms with van der Waals surface area (Å²) in [6.07, 6.45) is 2.88. The van der Waals surface area contributed by atoms with Crippen molar-refractivity contribution >= 4 is 16.8 Å². The summed E-state index contributed by atoms with van der Waals surface area (Å²) in [5, 5.41) is 4.03. The zero-order valence-corrected chi connectivity index (χ0v) is 17.1. The molecule has 0 unspecified atom stereocenters. The second-order valence-electron chi connectivity index (χ2n) is 9.01. The highest BCUT2D eigenvalue weighted by Gasteiger charge is 2.32. The predicted molar refractivity (Wildman–Crippen MR) is 110 cm³/mol. The van der Waals surface area contributed by atoms with Gasteiger partial charge in [-0.25, -0.2) is 0 Å². The Balaban J connectivity index is 1.68. The minimum absolute atomic E-state index is 0.0291. The number of nitrogens with zero attached hydrogens (tertiary/aromatic N) is 1. The summed E-state index contributed by atoms with van der Waals surface area (Å²) in [5.74, 6) is 0.517. The van der Waals surface area contributed by atoms with Crippen LogP contribution in [-0.2, 0) is 22.3 Å². The van der Waals surface area contributed by atoms with Crippen LogP contribution in [0.4, 0.5) is 0 Å². The number of benzene rings is 1. The number of hydrogen-bond acceptors (Lipinski definition) is 4. The summed E-state index contributed by atoms with van der Waals surface area (Å²) in [6.45, 7) is 9.07. The SMILES string of the molecule is CC(C)(C)[C@H]1CCc2nc3ccccc3c(C(=O)NC[C@H]3COCCO3)c2C1. The van der Waals surface area contributed by atoms with Crippen LogP contribution in [0.1, 0.15) is 48.8 Å². The van der Waals surface area contributed by atoms with Crippen LogP contribution in [0.15, 0.2) is 24.3 Å². The number of ether oxygens (including phenoxy) is 2. The fourth-order valence-electron chi connectivity index (χ4n) is 4.34. The molecule has 2 heterocycles. The second-order valence-corrected chi connectivity index (χ2v) is 9.01. The third kappa shape index (κ3) is 3.91. The number of fused-ring (bicyclic) bond motifs is 2. The molecule has 1 aromatic heterocycles. The molecule has 0 radical (unpaired) electrons. The molecule has 4 rings (SSSR count). The topological polar surface area (TPSA) is 60.5 Å². The molecule has 0 saturated carbocycles. The normalized spacial score (nSPS) is 22.7. The fraction of sp³-hybridized carbons (Fsp3) is 0.565. The molecule has 2 atom stereocenters. The van der Waals surface area contributed by atoms with Crippen molar-refractivity contribution in [3.05, 3.63) is 41.1 Å². The number of nitrogens with one attached hydrogen (secondary N) is 1. The highest BCUT2D eigenvalue weighted by molar-refractivity contribution is 6.07. The lowest BCUT2D eigenvalue weighted by Gasteiger charge is -2.35. The van der Waals surface area contributed by atoms with E-state index in [1.165, 1.54) is 0 Å². The molecule has 5 heteroatoms. The lowest BCUT2D eigenvalue weighted by Crippen LogP contribution is -2.40. The van der Waals surface area contributed by atoms with Crippen molar-refractivity contribution in [3.8, 4) is 0 Å². The van der Waals surface area contributed by atoms with Gasteiger partial charge in [0.2, 0.25) is 0 Å². The summed E-state index contributed by atoms with van der Waals surface area (Å²) in [4.78, 5) is 18.2. The zero-order valence-electron chi connectivity index (χ0n) is 17.1. The van der Waals surface area contributed by atoms with E-state index in [1.54, 1.807) is 0 Å². The van der Waals surface area contributed by atoms with Gasteiger partial charge in [0.1, 0.15) is 0 Å². The smallest absolute Gasteiger partial charge is 0.252 e. The highest BCUT2D eigenvalue weighted by Crippen LogP contribution is 2.39. The Morgan fingerprint density at radius 1 is 1.25 bits per heavy atom. The molecule has 1 fully saturated rings. The van der Waals surface area contributed by atoms with Crippen molar-refractivity contribution in [2.75, 3.05) is 26.4 Å². The molecule has 2 aliphatic rings. The number of aromatic nitrogens is 1. The van der Waals surface area contributed by atoms with Gasteiger partial charge in [-0.05, 0) is 42.2 Å². The molecule has 28 heavy (non-hydrogen) atoms. The van der Waals surface area contributed by atoms with Crippen LogP contribution in [0.5, 0.6) is 0 Å². The van der Waals surface area contributed by atoms with Gasteiger partial charge in [0.05, 0.1) is 37.0 Å². The molecule has 1 amide bonds. The first kappa shape index (κ1) is 19.3. The van der Waals surface area contributed by atoms with E-state index in [-0.39, 0.29) is 17.4 Å². The molecule has 150 valence electrons. The van der Waals surface area contributed by atoms with Gasteiger partial charge >= 0.3 is 0 Å². The summed E-state index contributed by atoms with van der Waals surface area (Å²) >= 11 is 0. The molecule has 1 saturated heterocycles. The number of aryl methyl sites for hydroxylation is 1. The van der Waals surface area contributed by atoms with Crippen molar-refractivity contribution in [2.45, 2.75) is 46.1 Å². The standard InChI is InChI=1S/C23H30N2O3/c1-23(2,3)15-8-9-20-18(12-15)21(17-6-4-5-7-19(17)25-20)22(26)24-13-16-14-27-10-11-28-16/h4-7,15-16H,8-14H2,1-3H3,(H,24,26)/t15-,16-/m0/s1. The summed E-state index contributed by atoms with van der Waals surface area (Å²) in [5.41, 5.74) is 4.12. The largest absolute Gasteiger partial charge is 0.376 e. The molecule has 5 nitrogen and oxygen atoms in total. The van der Waals surface area contributed by atoms with Crippen molar-refractivity contribution in [2.24, 2.45) is 11.3 Å². The second kappa shape index (κ2) is 7.80. The van der Waals surface area contributed by atoms with Crippen LogP contribution in [0.3, 0.4) is 0 Å². The number of carbonyl (C=O) groups excluding carboxylic acids is 1. The van der Waals surface area contributed by atoms with Crippen molar-refractivity contribution in [1.82, 2.24) is 10.3 Å². The number of hydrogen-bond donors (Lipinski definition) is 1. The van der Waals surface area contributed by atoms with Gasteiger partial charge in [0.25, 0.3) is 5.91 Å². The van der Waals surface area contributed by atoms with Gasteiger partial charge in [-0.15, -0.1) is 0 Å². The molecular weight excluding hydrogens is 352 g/mol. The van der Waals surface area contributed by atoms with E-state index in [1.807, 2.05) is 24.3 Å². The Hall–Kier alpha value is -1.98. The zero-order chi connectivity index (χ0) is 19.7. The number of amides is 1. The molecule has 1 N–H and O–H groups in total. The van der Waals surface area contributed by atoms with Gasteiger partial charge in [0, 0.05) is 17.6 Å². The van der Waals surface area contributed by atoms with E-state index in [0.717, 1.165) is 47.0 Å². The summed E-state index contributed by atoms with van der Waals surface area (Å²) in [6, 6.07) is 7.98. The van der Waals surface area contributed by atoms with E-state index in [2.05, 4.69) is 26.1 Å². The molecule has 1 aromatic carbocycles. The first-order chi connectivity index (χ1) is 13.4. The number of rotatable bonds is 3. The van der Waals surface area contributed by atoms with Crippen LogP contribution in [-0.4, -0.2) is 43.4 Å².